The highest BCUT2D eigenvalue weighted by atomic mass is 19.4. The van der Waals surface area contributed by atoms with Crippen molar-refractivity contribution in [2.75, 3.05) is 13.1 Å². The monoisotopic (exact) mass is 414 g/mol. The molecule has 2 aromatic carbocycles. The van der Waals surface area contributed by atoms with Crippen LogP contribution in [0.4, 0.5) is 13.2 Å². The van der Waals surface area contributed by atoms with Crippen LogP contribution in [-0.4, -0.2) is 35.1 Å². The first-order chi connectivity index (χ1) is 14.3. The number of nitrogens with zero attached hydrogens (tertiary/aromatic N) is 2. The normalized spacial score (nSPS) is 18.5. The van der Waals surface area contributed by atoms with Gasteiger partial charge in [-0.05, 0) is 17.7 Å². The van der Waals surface area contributed by atoms with E-state index >= 15 is 0 Å². The zero-order valence-corrected chi connectivity index (χ0v) is 16.2. The van der Waals surface area contributed by atoms with Gasteiger partial charge in [0.15, 0.2) is 5.78 Å². The Morgan fingerprint density at radius 1 is 1.03 bits per heavy atom. The summed E-state index contributed by atoms with van der Waals surface area (Å²) in [6, 6.07) is 14.2. The third kappa shape index (κ3) is 4.40. The molecule has 0 radical (unpaired) electrons. The van der Waals surface area contributed by atoms with Gasteiger partial charge in [-0.1, -0.05) is 47.6 Å². The molecule has 2 aliphatic rings. The van der Waals surface area contributed by atoms with E-state index in [1.807, 2.05) is 35.2 Å². The predicted molar refractivity (Wildman–Crippen MR) is 107 cm³/mol. The number of piperidine rings is 1. The van der Waals surface area contributed by atoms with Crippen LogP contribution >= 0.6 is 0 Å². The van der Waals surface area contributed by atoms with Crippen molar-refractivity contribution in [2.45, 2.75) is 31.0 Å². The number of benzene rings is 2. The molecule has 4 rings (SSSR count). The van der Waals surface area contributed by atoms with E-state index in [-0.39, 0.29) is 16.9 Å². The summed E-state index contributed by atoms with van der Waals surface area (Å²) >= 11 is 0. The first-order valence-corrected chi connectivity index (χ1v) is 9.79. The van der Waals surface area contributed by atoms with E-state index in [0.717, 1.165) is 42.7 Å². The van der Waals surface area contributed by atoms with Crippen LogP contribution < -0.4 is 0 Å². The first kappa shape index (κ1) is 20.2. The quantitative estimate of drug-likeness (QED) is 0.519. The molecule has 30 heavy (non-hydrogen) atoms. The van der Waals surface area contributed by atoms with Crippen molar-refractivity contribution in [1.29, 1.82) is 0 Å². The Bertz CT molecular complexity index is 958. The van der Waals surface area contributed by atoms with Gasteiger partial charge in [0.05, 0.1) is 11.3 Å². The van der Waals surface area contributed by atoms with Crippen LogP contribution in [0.1, 0.15) is 40.7 Å². The number of likely N-dealkylation sites (tertiary alicyclic amines) is 1. The molecule has 0 aromatic heterocycles. The van der Waals surface area contributed by atoms with E-state index in [1.165, 1.54) is 18.2 Å². The van der Waals surface area contributed by atoms with Crippen molar-refractivity contribution in [2.24, 2.45) is 5.16 Å². The van der Waals surface area contributed by atoms with Gasteiger partial charge in [-0.25, -0.2) is 0 Å². The lowest BCUT2D eigenvalue weighted by Crippen LogP contribution is -2.42. The second kappa shape index (κ2) is 7.97. The molecule has 0 aliphatic carbocycles. The molecule has 0 N–H and O–H groups in total. The third-order valence-corrected chi connectivity index (χ3v) is 5.59. The third-order valence-electron chi connectivity index (χ3n) is 5.59. The van der Waals surface area contributed by atoms with Gasteiger partial charge in [-0.15, -0.1) is 0 Å². The van der Waals surface area contributed by atoms with Crippen molar-refractivity contribution in [1.82, 2.24) is 4.90 Å². The van der Waals surface area contributed by atoms with Crippen LogP contribution in [-0.2, 0) is 11.0 Å². The van der Waals surface area contributed by atoms with Crippen LogP contribution in [0.2, 0.25) is 0 Å². The minimum atomic E-state index is -4.41. The molecule has 2 aliphatic heterocycles. The number of carbonyl (C=O) groups excluding carboxylic acids is 1. The molecule has 0 atom stereocenters. The van der Waals surface area contributed by atoms with Gasteiger partial charge in [0.25, 0.3) is 0 Å². The van der Waals surface area contributed by atoms with Crippen molar-refractivity contribution in [3.8, 4) is 0 Å². The summed E-state index contributed by atoms with van der Waals surface area (Å²) < 4.78 is 37.9. The van der Waals surface area contributed by atoms with E-state index in [1.54, 1.807) is 6.20 Å². The highest BCUT2D eigenvalue weighted by Gasteiger charge is 2.41. The number of hydrogen-bond acceptors (Lipinski definition) is 4. The topological polar surface area (TPSA) is 41.9 Å². The summed E-state index contributed by atoms with van der Waals surface area (Å²) in [6.07, 6.45) is 1.03. The van der Waals surface area contributed by atoms with Crippen LogP contribution in [0.15, 0.2) is 72.0 Å². The molecular formula is C23H21F3N2O2. The van der Waals surface area contributed by atoms with Crippen molar-refractivity contribution in [3.05, 3.63) is 83.6 Å². The van der Waals surface area contributed by atoms with E-state index in [4.69, 9.17) is 4.84 Å². The summed E-state index contributed by atoms with van der Waals surface area (Å²) in [6.45, 7) is 1.43. The average Bonchev–Trinajstić information content (AvgIpc) is 3.17. The standard InChI is InChI=1S/C23H21F3N2O2/c24-23(25,26)19-8-6-18(7-9-19)21(29)10-13-28-14-11-22(12-15-28)16-20(27-30-22)17-4-2-1-3-5-17/h1-10,13H,11-12,14-16H2. The van der Waals surface area contributed by atoms with Gasteiger partial charge >= 0.3 is 6.18 Å². The fourth-order valence-electron chi connectivity index (χ4n) is 3.75. The van der Waals surface area contributed by atoms with E-state index in [2.05, 4.69) is 5.16 Å². The van der Waals surface area contributed by atoms with Gasteiger partial charge in [-0.3, -0.25) is 4.79 Å². The molecule has 2 aromatic rings. The molecule has 0 unspecified atom stereocenters. The first-order valence-electron chi connectivity index (χ1n) is 9.79. The Balaban J connectivity index is 1.31. The van der Waals surface area contributed by atoms with E-state index < -0.39 is 11.7 Å². The lowest BCUT2D eigenvalue weighted by Gasteiger charge is -2.36. The van der Waals surface area contributed by atoms with Gasteiger partial charge in [0, 0.05) is 50.2 Å². The summed E-state index contributed by atoms with van der Waals surface area (Å²) in [4.78, 5) is 20.1. The van der Waals surface area contributed by atoms with Crippen LogP contribution in [0, 0.1) is 0 Å². The molecule has 1 saturated heterocycles. The Kier molecular flexibility index (Phi) is 5.37. The smallest absolute Gasteiger partial charge is 0.388 e. The number of hydrogen-bond donors (Lipinski definition) is 0. The van der Waals surface area contributed by atoms with Crippen LogP contribution in [0.5, 0.6) is 0 Å². The van der Waals surface area contributed by atoms with Crippen molar-refractivity contribution in [3.63, 3.8) is 0 Å². The van der Waals surface area contributed by atoms with Crippen molar-refractivity contribution >= 4 is 11.5 Å². The van der Waals surface area contributed by atoms with Crippen LogP contribution in [0.3, 0.4) is 0 Å². The molecule has 7 heteroatoms. The Morgan fingerprint density at radius 2 is 1.70 bits per heavy atom. The Morgan fingerprint density at radius 3 is 2.33 bits per heavy atom. The second-order valence-corrected chi connectivity index (χ2v) is 7.65. The number of oxime groups is 1. The molecule has 1 fully saturated rings. The number of alkyl halides is 3. The summed E-state index contributed by atoms with van der Waals surface area (Å²) in [5.74, 6) is -0.323. The van der Waals surface area contributed by atoms with Gasteiger partial charge < -0.3 is 9.74 Å². The molecule has 4 nitrogen and oxygen atoms in total. The number of carbonyl (C=O) groups is 1. The summed E-state index contributed by atoms with van der Waals surface area (Å²) in [7, 11) is 0. The highest BCUT2D eigenvalue weighted by Crippen LogP contribution is 2.36. The molecular weight excluding hydrogens is 393 g/mol. The van der Waals surface area contributed by atoms with Crippen molar-refractivity contribution < 1.29 is 22.8 Å². The maximum absolute atomic E-state index is 12.6. The summed E-state index contributed by atoms with van der Waals surface area (Å²) in [5, 5.41) is 4.29. The van der Waals surface area contributed by atoms with E-state index in [9.17, 15) is 18.0 Å². The lowest BCUT2D eigenvalue weighted by molar-refractivity contribution is -0.137. The molecule has 0 saturated carbocycles. The fourth-order valence-corrected chi connectivity index (χ4v) is 3.75. The number of allylic oxidation sites excluding steroid dienone is 1. The number of halogens is 3. The zero-order valence-electron chi connectivity index (χ0n) is 16.2. The lowest BCUT2D eigenvalue weighted by atomic mass is 9.85. The number of rotatable bonds is 4. The number of ketones is 1. The average molecular weight is 414 g/mol. The largest absolute Gasteiger partial charge is 0.416 e. The fraction of sp³-hybridized carbons (Fsp3) is 0.304. The SMILES string of the molecule is O=C(C=CN1CCC2(CC1)CC(c1ccccc1)=NO2)c1ccc(C(F)(F)F)cc1. The Labute approximate surface area is 172 Å². The molecule has 1 spiro atoms. The molecule has 2 heterocycles. The highest BCUT2D eigenvalue weighted by molar-refractivity contribution is 6.04. The van der Waals surface area contributed by atoms with E-state index in [0.29, 0.717) is 13.1 Å². The molecule has 0 amide bonds. The van der Waals surface area contributed by atoms with Crippen LogP contribution in [0.25, 0.3) is 0 Å². The maximum Gasteiger partial charge on any atom is 0.416 e. The minimum absolute atomic E-state index is 0.229. The second-order valence-electron chi connectivity index (χ2n) is 7.65. The minimum Gasteiger partial charge on any atom is -0.388 e. The van der Waals surface area contributed by atoms with Gasteiger partial charge in [0.1, 0.15) is 5.60 Å². The summed E-state index contributed by atoms with van der Waals surface area (Å²) in [5.41, 5.74) is 1.19. The zero-order chi connectivity index (χ0) is 21.2. The van der Waals surface area contributed by atoms with Gasteiger partial charge in [0.2, 0.25) is 0 Å². The maximum atomic E-state index is 12.6. The van der Waals surface area contributed by atoms with Gasteiger partial charge in [-0.2, -0.15) is 13.2 Å². The molecule has 0 bridgehead atoms. The Hall–Kier alpha value is -3.09. The molecule has 156 valence electrons. The predicted octanol–water partition coefficient (Wildman–Crippen LogP) is 5.06.